The van der Waals surface area contributed by atoms with Crippen molar-refractivity contribution in [3.63, 3.8) is 0 Å². The van der Waals surface area contributed by atoms with E-state index < -0.39 is 10.0 Å². The number of hydrazone groups is 1. The fourth-order valence-corrected chi connectivity index (χ4v) is 5.30. The number of anilines is 2. The lowest BCUT2D eigenvalue weighted by atomic mass is 10.1. The molecule has 5 rings (SSSR count). The average molecular weight is 642 g/mol. The second-order valence-corrected chi connectivity index (χ2v) is 11.5. The van der Waals surface area contributed by atoms with E-state index in [9.17, 15) is 13.2 Å². The summed E-state index contributed by atoms with van der Waals surface area (Å²) in [6.45, 7) is 0.388. The number of benzene rings is 4. The molecule has 0 radical (unpaired) electrons. The highest BCUT2D eigenvalue weighted by atomic mass is 127. The van der Waals surface area contributed by atoms with E-state index in [-0.39, 0.29) is 21.6 Å². The number of hydrogen-bond donors (Lipinski definition) is 3. The third-order valence-electron chi connectivity index (χ3n) is 5.80. The van der Waals surface area contributed by atoms with Crippen molar-refractivity contribution in [1.82, 2.24) is 5.43 Å². The van der Waals surface area contributed by atoms with Gasteiger partial charge in [0, 0.05) is 14.8 Å². The molecule has 4 aromatic carbocycles. The van der Waals surface area contributed by atoms with Gasteiger partial charge in [-0.15, -0.1) is 0 Å². The van der Waals surface area contributed by atoms with E-state index in [0.29, 0.717) is 17.8 Å². The Morgan fingerprint density at radius 1 is 0.973 bits per heavy atom. The highest BCUT2D eigenvalue weighted by Crippen LogP contribution is 2.32. The van der Waals surface area contributed by atoms with Crippen molar-refractivity contribution >= 4 is 83.7 Å². The minimum absolute atomic E-state index is 0.0505. The molecule has 1 aliphatic heterocycles. The highest BCUT2D eigenvalue weighted by Gasteiger charge is 2.34. The Bertz CT molecular complexity index is 1710. The van der Waals surface area contributed by atoms with Gasteiger partial charge in [-0.05, 0) is 93.6 Å². The van der Waals surface area contributed by atoms with Gasteiger partial charge in [-0.1, -0.05) is 42.5 Å². The number of amides is 1. The topological polar surface area (TPSA) is 117 Å². The van der Waals surface area contributed by atoms with Gasteiger partial charge in [0.1, 0.15) is 0 Å². The summed E-state index contributed by atoms with van der Waals surface area (Å²) in [4.78, 5) is 15.1. The number of primary sulfonamides is 1. The van der Waals surface area contributed by atoms with Crippen molar-refractivity contribution in [1.29, 1.82) is 0 Å². The van der Waals surface area contributed by atoms with Gasteiger partial charge in [0.25, 0.3) is 5.91 Å². The Balaban J connectivity index is 1.38. The number of thiocarbonyl (C=S) groups is 1. The maximum Gasteiger partial charge on any atom is 0.279 e. The predicted molar refractivity (Wildman–Crippen MR) is 158 cm³/mol. The van der Waals surface area contributed by atoms with Gasteiger partial charge in [-0.2, -0.15) is 5.10 Å². The fraction of sp³-hybridized carbons (Fsp3) is 0.0385. The molecule has 0 fully saturated rings. The van der Waals surface area contributed by atoms with Crippen LogP contribution >= 0.6 is 34.8 Å². The molecule has 0 atom stereocenters. The van der Waals surface area contributed by atoms with Crippen molar-refractivity contribution in [3.8, 4) is 0 Å². The molecule has 0 saturated heterocycles. The van der Waals surface area contributed by atoms with Crippen LogP contribution in [0.3, 0.4) is 0 Å². The lowest BCUT2D eigenvalue weighted by Gasteiger charge is -2.17. The summed E-state index contributed by atoms with van der Waals surface area (Å²) < 4.78 is 24.2. The van der Waals surface area contributed by atoms with Gasteiger partial charge in [-0.25, -0.2) is 13.6 Å². The van der Waals surface area contributed by atoms with E-state index in [0.717, 1.165) is 25.6 Å². The summed E-state index contributed by atoms with van der Waals surface area (Å²) >= 11 is 7.51. The first-order chi connectivity index (χ1) is 17.7. The van der Waals surface area contributed by atoms with E-state index in [1.165, 1.54) is 12.1 Å². The van der Waals surface area contributed by atoms with Crippen LogP contribution in [0.25, 0.3) is 10.8 Å². The number of nitrogens with zero attached hydrogens (tertiary/aromatic N) is 2. The van der Waals surface area contributed by atoms with Gasteiger partial charge in [0.05, 0.1) is 17.1 Å². The lowest BCUT2D eigenvalue weighted by molar-refractivity contribution is -0.112. The van der Waals surface area contributed by atoms with E-state index in [4.69, 9.17) is 17.4 Å². The maximum atomic E-state index is 13.5. The van der Waals surface area contributed by atoms with Crippen LogP contribution in [0.1, 0.15) is 11.1 Å². The number of nitrogens with two attached hydrogens (primary N) is 1. The predicted octanol–water partition coefficient (Wildman–Crippen LogP) is 4.33. The Morgan fingerprint density at radius 3 is 2.54 bits per heavy atom. The van der Waals surface area contributed by atoms with E-state index in [1.807, 2.05) is 48.5 Å². The summed E-state index contributed by atoms with van der Waals surface area (Å²) in [5.74, 6) is -0.253. The lowest BCUT2D eigenvalue weighted by Crippen LogP contribution is -2.32. The first-order valence-corrected chi connectivity index (χ1v) is 14.1. The summed E-state index contributed by atoms with van der Waals surface area (Å²) in [6.07, 6.45) is 0. The molecule has 1 amide bonds. The zero-order valence-electron chi connectivity index (χ0n) is 19.2. The molecule has 0 spiro atoms. The van der Waals surface area contributed by atoms with Crippen LogP contribution in [0, 0.1) is 3.57 Å². The summed E-state index contributed by atoms with van der Waals surface area (Å²) in [5.41, 5.74) is 5.81. The Labute approximate surface area is 232 Å². The van der Waals surface area contributed by atoms with Crippen LogP contribution in [0.2, 0.25) is 0 Å². The van der Waals surface area contributed by atoms with Crippen molar-refractivity contribution < 1.29 is 13.2 Å². The molecule has 0 saturated carbocycles. The summed E-state index contributed by atoms with van der Waals surface area (Å²) in [7, 11) is -3.86. The molecule has 37 heavy (non-hydrogen) atoms. The molecule has 11 heteroatoms. The minimum Gasteiger partial charge on any atom is -0.331 e. The van der Waals surface area contributed by atoms with Gasteiger partial charge < -0.3 is 10.2 Å². The summed E-state index contributed by atoms with van der Waals surface area (Å²) in [6, 6.07) is 25.9. The van der Waals surface area contributed by atoms with Gasteiger partial charge in [0.15, 0.2) is 10.8 Å². The van der Waals surface area contributed by atoms with E-state index >= 15 is 0 Å². The standard InChI is InChI=1S/C26H20IN5O3S2/c27-19-10-11-23-22(13-19)24(30-31-26(36)29-20-6-3-7-21(14-20)37(28,34)35)25(33)32(23)15-16-8-9-17-4-1-2-5-18(17)12-16/h1-14H,15H2,(H2,28,34,35)(H2,29,31,36). The first-order valence-electron chi connectivity index (χ1n) is 11.1. The Hall–Kier alpha value is -3.39. The third kappa shape index (κ3) is 5.49. The van der Waals surface area contributed by atoms with Crippen molar-refractivity contribution in [2.75, 3.05) is 10.2 Å². The number of halogens is 1. The molecule has 0 unspecified atom stereocenters. The second-order valence-electron chi connectivity index (χ2n) is 8.33. The number of nitrogens with one attached hydrogen (secondary N) is 2. The normalized spacial score (nSPS) is 14.2. The molecule has 0 aliphatic carbocycles. The largest absolute Gasteiger partial charge is 0.331 e. The maximum absolute atomic E-state index is 13.5. The van der Waals surface area contributed by atoms with Crippen molar-refractivity contribution in [2.24, 2.45) is 10.2 Å². The molecule has 0 bridgehead atoms. The van der Waals surface area contributed by atoms with Gasteiger partial charge in [-0.3, -0.25) is 10.2 Å². The van der Waals surface area contributed by atoms with E-state index in [1.54, 1.807) is 17.0 Å². The number of sulfonamides is 1. The van der Waals surface area contributed by atoms with Gasteiger partial charge in [0.2, 0.25) is 10.0 Å². The van der Waals surface area contributed by atoms with Gasteiger partial charge >= 0.3 is 0 Å². The number of carbonyl (C=O) groups excluding carboxylic acids is 1. The van der Waals surface area contributed by atoms with Crippen LogP contribution in [0.5, 0.6) is 0 Å². The van der Waals surface area contributed by atoms with E-state index in [2.05, 4.69) is 50.6 Å². The second kappa shape index (κ2) is 10.2. The van der Waals surface area contributed by atoms with Crippen LogP contribution in [-0.4, -0.2) is 25.1 Å². The smallest absolute Gasteiger partial charge is 0.279 e. The highest BCUT2D eigenvalue weighted by molar-refractivity contribution is 14.1. The fourth-order valence-electron chi connectivity index (χ4n) is 4.09. The van der Waals surface area contributed by atoms with Crippen LogP contribution in [0.4, 0.5) is 11.4 Å². The molecule has 8 nitrogen and oxygen atoms in total. The Morgan fingerprint density at radius 2 is 1.76 bits per heavy atom. The quantitative estimate of drug-likeness (QED) is 0.170. The zero-order chi connectivity index (χ0) is 26.2. The molecule has 0 aromatic heterocycles. The molecular formula is C26H20IN5O3S2. The summed E-state index contributed by atoms with van der Waals surface area (Å²) in [5, 5.41) is 14.7. The number of rotatable bonds is 5. The molecule has 186 valence electrons. The minimum atomic E-state index is -3.86. The van der Waals surface area contributed by atoms with Crippen LogP contribution in [-0.2, 0) is 21.4 Å². The number of hydrogen-bond acceptors (Lipinski definition) is 5. The SMILES string of the molecule is NS(=O)(=O)c1cccc(NC(=S)NN=C2C(=O)N(Cc3ccc4ccccc4c3)c3ccc(I)cc32)c1. The Kier molecular flexibility index (Phi) is 6.94. The first kappa shape index (κ1) is 25.3. The van der Waals surface area contributed by atoms with Crippen LogP contribution < -0.4 is 20.8 Å². The number of carbonyl (C=O) groups is 1. The monoisotopic (exact) mass is 641 g/mol. The zero-order valence-corrected chi connectivity index (χ0v) is 23.0. The molecule has 1 aliphatic rings. The number of fused-ring (bicyclic) bond motifs is 2. The average Bonchev–Trinajstić information content (AvgIpc) is 3.12. The van der Waals surface area contributed by atoms with Crippen LogP contribution in [0.15, 0.2) is 94.9 Å². The molecular weight excluding hydrogens is 621 g/mol. The molecule has 4 N–H and O–H groups in total. The van der Waals surface area contributed by atoms with Crippen molar-refractivity contribution in [3.05, 3.63) is 99.6 Å². The molecule has 4 aromatic rings. The van der Waals surface area contributed by atoms with Crippen molar-refractivity contribution in [2.45, 2.75) is 11.4 Å². The third-order valence-corrected chi connectivity index (χ3v) is 7.57. The molecule has 1 heterocycles.